The van der Waals surface area contributed by atoms with Gasteiger partial charge in [0.25, 0.3) is 5.91 Å². The summed E-state index contributed by atoms with van der Waals surface area (Å²) in [6.07, 6.45) is 1.75. The van der Waals surface area contributed by atoms with Crippen molar-refractivity contribution in [3.05, 3.63) is 0 Å². The van der Waals surface area contributed by atoms with Gasteiger partial charge in [0.1, 0.15) is 6.10 Å². The number of nitrogens with zero attached hydrogens (tertiary/aromatic N) is 1. The molecule has 0 aliphatic carbocycles. The van der Waals surface area contributed by atoms with Gasteiger partial charge >= 0.3 is 0 Å². The minimum Gasteiger partial charge on any atom is -0.368 e. The number of carbonyl (C=O) groups excluding carboxylic acids is 1. The zero-order valence-corrected chi connectivity index (χ0v) is 11.0. The zero-order chi connectivity index (χ0) is 12.1. The van der Waals surface area contributed by atoms with Crippen LogP contribution in [0, 0.1) is 11.8 Å². The lowest BCUT2D eigenvalue weighted by Crippen LogP contribution is -2.42. The van der Waals surface area contributed by atoms with E-state index in [-0.39, 0.29) is 12.0 Å². The molecule has 1 aliphatic heterocycles. The lowest BCUT2D eigenvalue weighted by atomic mass is 10.1. The quantitative estimate of drug-likeness (QED) is 0.721. The minimum atomic E-state index is -0.169. The molecule has 0 saturated carbocycles. The van der Waals surface area contributed by atoms with Gasteiger partial charge in [0, 0.05) is 19.7 Å². The van der Waals surface area contributed by atoms with Gasteiger partial charge in [-0.25, -0.2) is 0 Å². The summed E-state index contributed by atoms with van der Waals surface area (Å²) in [6, 6.07) is 0. The molecular weight excluding hydrogens is 202 g/mol. The van der Waals surface area contributed by atoms with Crippen LogP contribution in [0.1, 0.15) is 40.5 Å². The predicted octanol–water partition coefficient (Wildman–Crippen LogP) is 2.31. The maximum Gasteiger partial charge on any atom is 0.251 e. The smallest absolute Gasteiger partial charge is 0.251 e. The Morgan fingerprint density at radius 1 is 1.25 bits per heavy atom. The molecule has 0 N–H and O–H groups in total. The molecular formula is C13H25NO2. The molecule has 1 amide bonds. The van der Waals surface area contributed by atoms with E-state index in [4.69, 9.17) is 4.74 Å². The van der Waals surface area contributed by atoms with E-state index in [9.17, 15) is 4.79 Å². The third-order valence-corrected chi connectivity index (χ3v) is 2.69. The van der Waals surface area contributed by atoms with Crippen LogP contribution >= 0.6 is 0 Å². The Kier molecular flexibility index (Phi) is 5.26. The molecule has 1 aliphatic rings. The highest BCUT2D eigenvalue weighted by atomic mass is 16.5. The fourth-order valence-electron chi connectivity index (χ4n) is 2.11. The van der Waals surface area contributed by atoms with Gasteiger partial charge < -0.3 is 9.64 Å². The predicted molar refractivity (Wildman–Crippen MR) is 65.2 cm³/mol. The highest BCUT2D eigenvalue weighted by Crippen LogP contribution is 2.16. The summed E-state index contributed by atoms with van der Waals surface area (Å²) in [5.74, 6) is 1.23. The van der Waals surface area contributed by atoms with E-state index in [1.165, 1.54) is 0 Å². The van der Waals surface area contributed by atoms with Crippen molar-refractivity contribution in [1.82, 2.24) is 4.90 Å². The highest BCUT2D eigenvalue weighted by Gasteiger charge is 2.28. The van der Waals surface area contributed by atoms with Crippen molar-refractivity contribution >= 4 is 5.91 Å². The summed E-state index contributed by atoms with van der Waals surface area (Å²) in [4.78, 5) is 14.2. The van der Waals surface area contributed by atoms with E-state index >= 15 is 0 Å². The van der Waals surface area contributed by atoms with E-state index in [1.54, 1.807) is 0 Å². The van der Waals surface area contributed by atoms with Crippen molar-refractivity contribution in [1.29, 1.82) is 0 Å². The number of carbonyl (C=O) groups is 1. The lowest BCUT2D eigenvalue weighted by Gasteiger charge is -2.28. The maximum atomic E-state index is 12.2. The van der Waals surface area contributed by atoms with E-state index in [2.05, 4.69) is 27.7 Å². The lowest BCUT2D eigenvalue weighted by molar-refractivity contribution is -0.142. The molecule has 1 atom stereocenters. The van der Waals surface area contributed by atoms with Crippen molar-refractivity contribution in [3.8, 4) is 0 Å². The largest absolute Gasteiger partial charge is 0.368 e. The second-order valence-electron chi connectivity index (χ2n) is 5.53. The SMILES string of the molecule is CC(C)CN(CC(C)C)C(=O)[C@@H]1CCCO1. The van der Waals surface area contributed by atoms with Crippen LogP contribution in [0.5, 0.6) is 0 Å². The second kappa shape index (κ2) is 6.24. The number of amides is 1. The van der Waals surface area contributed by atoms with Crippen LogP contribution in [-0.2, 0) is 9.53 Å². The van der Waals surface area contributed by atoms with Crippen LogP contribution in [0.15, 0.2) is 0 Å². The molecule has 3 heteroatoms. The normalized spacial score (nSPS) is 20.8. The van der Waals surface area contributed by atoms with Crippen molar-refractivity contribution in [3.63, 3.8) is 0 Å². The summed E-state index contributed by atoms with van der Waals surface area (Å²) in [5, 5.41) is 0. The number of hydrogen-bond donors (Lipinski definition) is 0. The standard InChI is InChI=1S/C13H25NO2/c1-10(2)8-14(9-11(3)4)13(15)12-6-5-7-16-12/h10-12H,5-9H2,1-4H3/t12-/m0/s1. The van der Waals surface area contributed by atoms with Gasteiger partial charge in [-0.1, -0.05) is 27.7 Å². The van der Waals surface area contributed by atoms with Crippen molar-refractivity contribution < 1.29 is 9.53 Å². The number of hydrogen-bond acceptors (Lipinski definition) is 2. The summed E-state index contributed by atoms with van der Waals surface area (Å²) in [7, 11) is 0. The maximum absolute atomic E-state index is 12.2. The van der Waals surface area contributed by atoms with E-state index in [1.807, 2.05) is 4.90 Å². The summed E-state index contributed by atoms with van der Waals surface area (Å²) >= 11 is 0. The van der Waals surface area contributed by atoms with Gasteiger partial charge in [0.05, 0.1) is 0 Å². The molecule has 0 radical (unpaired) electrons. The third-order valence-electron chi connectivity index (χ3n) is 2.69. The fraction of sp³-hybridized carbons (Fsp3) is 0.923. The molecule has 1 saturated heterocycles. The average Bonchev–Trinajstić information content (AvgIpc) is 2.66. The highest BCUT2D eigenvalue weighted by molar-refractivity contribution is 5.81. The van der Waals surface area contributed by atoms with Crippen LogP contribution in [-0.4, -0.2) is 36.6 Å². The van der Waals surface area contributed by atoms with Crippen LogP contribution in [0.2, 0.25) is 0 Å². The van der Waals surface area contributed by atoms with Crippen LogP contribution in [0.25, 0.3) is 0 Å². The zero-order valence-electron chi connectivity index (χ0n) is 11.0. The van der Waals surface area contributed by atoms with Crippen LogP contribution in [0.4, 0.5) is 0 Å². The van der Waals surface area contributed by atoms with Gasteiger partial charge in [-0.2, -0.15) is 0 Å². The number of rotatable bonds is 5. The Morgan fingerprint density at radius 3 is 2.19 bits per heavy atom. The van der Waals surface area contributed by atoms with Gasteiger partial charge in [-0.15, -0.1) is 0 Å². The average molecular weight is 227 g/mol. The molecule has 1 fully saturated rings. The molecule has 1 heterocycles. The van der Waals surface area contributed by atoms with Crippen molar-refractivity contribution in [2.75, 3.05) is 19.7 Å². The Morgan fingerprint density at radius 2 is 1.81 bits per heavy atom. The molecule has 0 spiro atoms. The third kappa shape index (κ3) is 4.12. The molecule has 94 valence electrons. The van der Waals surface area contributed by atoms with Gasteiger partial charge in [-0.05, 0) is 24.7 Å². The van der Waals surface area contributed by atoms with Gasteiger partial charge in [0.2, 0.25) is 0 Å². The fourth-order valence-corrected chi connectivity index (χ4v) is 2.11. The van der Waals surface area contributed by atoms with Crippen molar-refractivity contribution in [2.45, 2.75) is 46.6 Å². The minimum absolute atomic E-state index is 0.169. The van der Waals surface area contributed by atoms with Crippen LogP contribution < -0.4 is 0 Å². The van der Waals surface area contributed by atoms with Gasteiger partial charge in [-0.3, -0.25) is 4.79 Å². The summed E-state index contributed by atoms with van der Waals surface area (Å²) in [5.41, 5.74) is 0. The topological polar surface area (TPSA) is 29.5 Å². The van der Waals surface area contributed by atoms with E-state index in [0.29, 0.717) is 11.8 Å². The summed E-state index contributed by atoms with van der Waals surface area (Å²) in [6.45, 7) is 11.0. The first kappa shape index (κ1) is 13.5. The first-order chi connectivity index (χ1) is 7.50. The van der Waals surface area contributed by atoms with Crippen molar-refractivity contribution in [2.24, 2.45) is 11.8 Å². The first-order valence-electron chi connectivity index (χ1n) is 6.41. The molecule has 16 heavy (non-hydrogen) atoms. The van der Waals surface area contributed by atoms with Gasteiger partial charge in [0.15, 0.2) is 0 Å². The second-order valence-corrected chi connectivity index (χ2v) is 5.53. The monoisotopic (exact) mass is 227 g/mol. The van der Waals surface area contributed by atoms with E-state index in [0.717, 1.165) is 32.5 Å². The van der Waals surface area contributed by atoms with E-state index < -0.39 is 0 Å². The molecule has 0 aromatic carbocycles. The Bertz CT molecular complexity index is 210. The molecule has 0 aromatic heterocycles. The summed E-state index contributed by atoms with van der Waals surface area (Å²) < 4.78 is 5.47. The Hall–Kier alpha value is -0.570. The Labute approximate surface area is 99.1 Å². The molecule has 0 aromatic rings. The molecule has 0 bridgehead atoms. The molecule has 3 nitrogen and oxygen atoms in total. The molecule has 0 unspecified atom stereocenters. The molecule has 1 rings (SSSR count). The number of ether oxygens (including phenoxy) is 1. The first-order valence-corrected chi connectivity index (χ1v) is 6.41. The van der Waals surface area contributed by atoms with Crippen LogP contribution in [0.3, 0.4) is 0 Å². The Balaban J connectivity index is 2.55.